The van der Waals surface area contributed by atoms with E-state index in [1.807, 2.05) is 6.92 Å². The zero-order valence-corrected chi connectivity index (χ0v) is 9.92. The fourth-order valence-electron chi connectivity index (χ4n) is 1.63. The number of hydrogen-bond donors (Lipinski definition) is 1. The molecule has 0 radical (unpaired) electrons. The summed E-state index contributed by atoms with van der Waals surface area (Å²) < 4.78 is 24.1. The normalized spacial score (nSPS) is 12.6. The standard InChI is InChI=1S/C12H18FNO2/c1-8(14)6-9-4-5-11(16-3)10(7-15-2)12(9)13/h4-5,8H,6-7,14H2,1-3H3. The summed E-state index contributed by atoms with van der Waals surface area (Å²) in [6.07, 6.45) is 0.506. The van der Waals surface area contributed by atoms with Gasteiger partial charge in [0.05, 0.1) is 19.3 Å². The van der Waals surface area contributed by atoms with Crippen LogP contribution < -0.4 is 10.5 Å². The molecule has 0 amide bonds. The lowest BCUT2D eigenvalue weighted by Gasteiger charge is -2.13. The topological polar surface area (TPSA) is 44.5 Å². The molecule has 0 aliphatic rings. The molecule has 1 atom stereocenters. The second-order valence-corrected chi connectivity index (χ2v) is 3.83. The summed E-state index contributed by atoms with van der Waals surface area (Å²) >= 11 is 0. The number of methoxy groups -OCH3 is 2. The summed E-state index contributed by atoms with van der Waals surface area (Å²) in [7, 11) is 3.04. The summed E-state index contributed by atoms with van der Waals surface area (Å²) in [6.45, 7) is 2.04. The van der Waals surface area contributed by atoms with Gasteiger partial charge >= 0.3 is 0 Å². The molecule has 2 N–H and O–H groups in total. The molecule has 1 rings (SSSR count). The van der Waals surface area contributed by atoms with Gasteiger partial charge in [0.15, 0.2) is 0 Å². The molecule has 3 nitrogen and oxygen atoms in total. The third-order valence-corrected chi connectivity index (χ3v) is 2.33. The van der Waals surface area contributed by atoms with E-state index >= 15 is 0 Å². The highest BCUT2D eigenvalue weighted by Gasteiger charge is 2.14. The van der Waals surface area contributed by atoms with E-state index in [1.165, 1.54) is 14.2 Å². The van der Waals surface area contributed by atoms with Crippen LogP contribution in [0.4, 0.5) is 4.39 Å². The van der Waals surface area contributed by atoms with E-state index in [0.29, 0.717) is 23.3 Å². The lowest BCUT2D eigenvalue weighted by molar-refractivity contribution is 0.177. The monoisotopic (exact) mass is 227 g/mol. The van der Waals surface area contributed by atoms with Gasteiger partial charge in [0, 0.05) is 13.2 Å². The van der Waals surface area contributed by atoms with E-state index in [1.54, 1.807) is 12.1 Å². The largest absolute Gasteiger partial charge is 0.496 e. The Hall–Kier alpha value is -1.13. The first-order chi connectivity index (χ1) is 7.60. The van der Waals surface area contributed by atoms with Gasteiger partial charge in [-0.1, -0.05) is 6.07 Å². The molecule has 0 aliphatic carbocycles. The van der Waals surface area contributed by atoms with Crippen molar-refractivity contribution in [2.24, 2.45) is 5.73 Å². The van der Waals surface area contributed by atoms with Crippen LogP contribution in [0, 0.1) is 5.82 Å². The quantitative estimate of drug-likeness (QED) is 0.835. The van der Waals surface area contributed by atoms with Crippen LogP contribution in [-0.2, 0) is 17.8 Å². The van der Waals surface area contributed by atoms with Crippen molar-refractivity contribution in [3.05, 3.63) is 29.1 Å². The van der Waals surface area contributed by atoms with Crippen LogP contribution in [0.25, 0.3) is 0 Å². The first-order valence-electron chi connectivity index (χ1n) is 5.19. The SMILES string of the molecule is COCc1c(OC)ccc(CC(C)N)c1F. The Morgan fingerprint density at radius 1 is 1.38 bits per heavy atom. The predicted molar refractivity (Wildman–Crippen MR) is 61.0 cm³/mol. The van der Waals surface area contributed by atoms with Crippen molar-refractivity contribution in [3.8, 4) is 5.75 Å². The van der Waals surface area contributed by atoms with Crippen molar-refractivity contribution in [2.45, 2.75) is 26.0 Å². The fourth-order valence-corrected chi connectivity index (χ4v) is 1.63. The van der Waals surface area contributed by atoms with Crippen LogP contribution in [0.3, 0.4) is 0 Å². The minimum Gasteiger partial charge on any atom is -0.496 e. The van der Waals surface area contributed by atoms with E-state index in [-0.39, 0.29) is 18.5 Å². The molecule has 0 fully saturated rings. The van der Waals surface area contributed by atoms with Crippen LogP contribution in [0.2, 0.25) is 0 Å². The Balaban J connectivity index is 3.09. The molecule has 4 heteroatoms. The molecule has 0 saturated carbocycles. The van der Waals surface area contributed by atoms with Gasteiger partial charge in [-0.3, -0.25) is 0 Å². The first-order valence-corrected chi connectivity index (χ1v) is 5.19. The Labute approximate surface area is 95.4 Å². The maximum Gasteiger partial charge on any atom is 0.135 e. The van der Waals surface area contributed by atoms with E-state index < -0.39 is 0 Å². The second-order valence-electron chi connectivity index (χ2n) is 3.83. The summed E-state index contributed by atoms with van der Waals surface area (Å²) in [5, 5.41) is 0. The summed E-state index contributed by atoms with van der Waals surface area (Å²) in [5.41, 5.74) is 6.71. The Bertz CT molecular complexity index is 353. The molecule has 1 aromatic carbocycles. The van der Waals surface area contributed by atoms with Crippen molar-refractivity contribution < 1.29 is 13.9 Å². The molecule has 16 heavy (non-hydrogen) atoms. The van der Waals surface area contributed by atoms with Crippen molar-refractivity contribution in [3.63, 3.8) is 0 Å². The summed E-state index contributed by atoms with van der Waals surface area (Å²) in [4.78, 5) is 0. The van der Waals surface area contributed by atoms with Crippen LogP contribution in [0.15, 0.2) is 12.1 Å². The van der Waals surface area contributed by atoms with Crippen molar-refractivity contribution >= 4 is 0 Å². The summed E-state index contributed by atoms with van der Waals surface area (Å²) in [6, 6.07) is 3.38. The molecule has 0 bridgehead atoms. The van der Waals surface area contributed by atoms with Gasteiger partial charge in [0.1, 0.15) is 11.6 Å². The van der Waals surface area contributed by atoms with Gasteiger partial charge in [-0.2, -0.15) is 0 Å². The summed E-state index contributed by atoms with van der Waals surface area (Å²) in [5.74, 6) is 0.228. The molecule has 0 saturated heterocycles. The maximum absolute atomic E-state index is 14.1. The molecule has 0 heterocycles. The van der Waals surface area contributed by atoms with Gasteiger partial charge in [0.2, 0.25) is 0 Å². The van der Waals surface area contributed by atoms with Crippen LogP contribution >= 0.6 is 0 Å². The molecule has 90 valence electrons. The maximum atomic E-state index is 14.1. The molecule has 0 aromatic heterocycles. The average Bonchev–Trinajstić information content (AvgIpc) is 2.24. The molecule has 1 unspecified atom stereocenters. The minimum atomic E-state index is -0.279. The number of ether oxygens (including phenoxy) is 2. The zero-order valence-electron chi connectivity index (χ0n) is 9.92. The smallest absolute Gasteiger partial charge is 0.135 e. The predicted octanol–water partition coefficient (Wildman–Crippen LogP) is 1.87. The van der Waals surface area contributed by atoms with Crippen LogP contribution in [0.5, 0.6) is 5.75 Å². The van der Waals surface area contributed by atoms with Gasteiger partial charge in [-0.05, 0) is 25.0 Å². The molecule has 0 aliphatic heterocycles. The number of halogens is 1. The van der Waals surface area contributed by atoms with Gasteiger partial charge in [-0.15, -0.1) is 0 Å². The molecular weight excluding hydrogens is 209 g/mol. The van der Waals surface area contributed by atoms with Crippen molar-refractivity contribution in [1.29, 1.82) is 0 Å². The number of hydrogen-bond acceptors (Lipinski definition) is 3. The highest BCUT2D eigenvalue weighted by atomic mass is 19.1. The van der Waals surface area contributed by atoms with Crippen molar-refractivity contribution in [2.75, 3.05) is 14.2 Å². The first kappa shape index (κ1) is 12.9. The molecule has 0 spiro atoms. The van der Waals surface area contributed by atoms with E-state index in [0.717, 1.165) is 0 Å². The number of rotatable bonds is 5. The fraction of sp³-hybridized carbons (Fsp3) is 0.500. The van der Waals surface area contributed by atoms with E-state index in [9.17, 15) is 4.39 Å². The third kappa shape index (κ3) is 2.93. The minimum absolute atomic E-state index is 0.0710. The number of benzene rings is 1. The highest BCUT2D eigenvalue weighted by Crippen LogP contribution is 2.25. The van der Waals surface area contributed by atoms with Gasteiger partial charge in [0.25, 0.3) is 0 Å². The van der Waals surface area contributed by atoms with E-state index in [2.05, 4.69) is 0 Å². The third-order valence-electron chi connectivity index (χ3n) is 2.33. The van der Waals surface area contributed by atoms with Crippen LogP contribution in [0.1, 0.15) is 18.1 Å². The molecule has 1 aromatic rings. The Morgan fingerprint density at radius 2 is 2.06 bits per heavy atom. The second kappa shape index (κ2) is 5.82. The number of nitrogens with two attached hydrogens (primary N) is 1. The highest BCUT2D eigenvalue weighted by molar-refractivity contribution is 5.38. The van der Waals surface area contributed by atoms with Crippen LogP contribution in [-0.4, -0.2) is 20.3 Å². The Kier molecular flexibility index (Phi) is 4.71. The molecular formula is C12H18FNO2. The Morgan fingerprint density at radius 3 is 2.56 bits per heavy atom. The van der Waals surface area contributed by atoms with E-state index in [4.69, 9.17) is 15.2 Å². The van der Waals surface area contributed by atoms with Gasteiger partial charge < -0.3 is 15.2 Å². The van der Waals surface area contributed by atoms with Gasteiger partial charge in [-0.25, -0.2) is 4.39 Å². The van der Waals surface area contributed by atoms with Crippen molar-refractivity contribution in [1.82, 2.24) is 0 Å². The average molecular weight is 227 g/mol. The zero-order chi connectivity index (χ0) is 12.1. The lowest BCUT2D eigenvalue weighted by atomic mass is 10.0. The lowest BCUT2D eigenvalue weighted by Crippen LogP contribution is -2.19.